The average molecular weight is 388 g/mol. The molecule has 0 aliphatic carbocycles. The molecule has 1 aromatic rings. The van der Waals surface area contributed by atoms with Crippen molar-refractivity contribution >= 4 is 11.8 Å². The minimum atomic E-state index is -0.497. The van der Waals surface area contributed by atoms with Crippen LogP contribution in [-0.4, -0.2) is 44.5 Å². The highest BCUT2D eigenvalue weighted by atomic mass is 16.7. The fourth-order valence-electron chi connectivity index (χ4n) is 2.22. The van der Waals surface area contributed by atoms with Crippen LogP contribution in [0.2, 0.25) is 0 Å². The van der Waals surface area contributed by atoms with E-state index in [1.165, 1.54) is 0 Å². The van der Waals surface area contributed by atoms with Crippen molar-refractivity contribution in [1.82, 2.24) is 0 Å². The highest BCUT2D eigenvalue weighted by molar-refractivity contribution is 6.10. The lowest BCUT2D eigenvalue weighted by Crippen LogP contribution is -2.17. The lowest BCUT2D eigenvalue weighted by atomic mass is 10.0. The standard InChI is InChI=1S/C22H28O6/c1-5-19(22(24)20-10-8-7-9-11-20)16-17(3)28-18(4)26-14-12-25-13-15-27-21(23)6-2/h5-11,16,18H,2,12-15H2,1,3-4H3. The highest BCUT2D eigenvalue weighted by Gasteiger charge is 2.11. The minimum absolute atomic E-state index is 0.0647. The van der Waals surface area contributed by atoms with Gasteiger partial charge in [0.25, 0.3) is 0 Å². The first-order chi connectivity index (χ1) is 13.5. The summed E-state index contributed by atoms with van der Waals surface area (Å²) in [7, 11) is 0. The molecule has 152 valence electrons. The second-order valence-electron chi connectivity index (χ2n) is 5.73. The molecule has 0 N–H and O–H groups in total. The number of allylic oxidation sites excluding steroid dienone is 4. The van der Waals surface area contributed by atoms with Crippen molar-refractivity contribution in [1.29, 1.82) is 0 Å². The monoisotopic (exact) mass is 388 g/mol. The fourth-order valence-corrected chi connectivity index (χ4v) is 2.22. The Morgan fingerprint density at radius 2 is 1.79 bits per heavy atom. The predicted octanol–water partition coefficient (Wildman–Crippen LogP) is 3.84. The highest BCUT2D eigenvalue weighted by Crippen LogP contribution is 2.13. The van der Waals surface area contributed by atoms with E-state index in [0.29, 0.717) is 30.1 Å². The molecule has 0 amide bonds. The van der Waals surface area contributed by atoms with Gasteiger partial charge in [0.15, 0.2) is 12.1 Å². The molecular weight excluding hydrogens is 360 g/mol. The Hall–Kier alpha value is -2.70. The van der Waals surface area contributed by atoms with E-state index in [0.717, 1.165) is 6.08 Å². The van der Waals surface area contributed by atoms with Crippen LogP contribution in [0.4, 0.5) is 0 Å². The molecule has 0 saturated carbocycles. The number of esters is 1. The molecule has 1 atom stereocenters. The van der Waals surface area contributed by atoms with Crippen molar-refractivity contribution in [2.45, 2.75) is 27.1 Å². The normalized spacial score (nSPS) is 13.0. The molecule has 0 radical (unpaired) electrons. The molecule has 1 rings (SSSR count). The second-order valence-corrected chi connectivity index (χ2v) is 5.73. The predicted molar refractivity (Wildman–Crippen MR) is 107 cm³/mol. The molecular formula is C22H28O6. The van der Waals surface area contributed by atoms with Gasteiger partial charge in [-0.05, 0) is 26.8 Å². The maximum atomic E-state index is 12.5. The number of carbonyl (C=O) groups excluding carboxylic acids is 2. The van der Waals surface area contributed by atoms with Crippen LogP contribution < -0.4 is 0 Å². The molecule has 0 saturated heterocycles. The van der Waals surface area contributed by atoms with E-state index in [1.54, 1.807) is 38.1 Å². The summed E-state index contributed by atoms with van der Waals surface area (Å²) in [6, 6.07) is 9.08. The van der Waals surface area contributed by atoms with Crippen LogP contribution in [0.5, 0.6) is 0 Å². The van der Waals surface area contributed by atoms with Gasteiger partial charge >= 0.3 is 5.97 Å². The molecule has 0 aliphatic rings. The van der Waals surface area contributed by atoms with E-state index in [9.17, 15) is 9.59 Å². The maximum absolute atomic E-state index is 12.5. The summed E-state index contributed by atoms with van der Waals surface area (Å²) in [5.41, 5.74) is 1.17. The Balaban J connectivity index is 2.34. The van der Waals surface area contributed by atoms with Crippen LogP contribution in [0.15, 0.2) is 66.5 Å². The third kappa shape index (κ3) is 9.30. The first kappa shape index (κ1) is 23.3. The molecule has 6 nitrogen and oxygen atoms in total. The Bertz CT molecular complexity index is 690. The SMILES string of the molecule is C=CC(=O)OCCOCCOC(C)OC(C)=CC(=CC)C(=O)c1ccccc1. The maximum Gasteiger partial charge on any atom is 0.330 e. The molecule has 1 unspecified atom stereocenters. The Morgan fingerprint density at radius 1 is 1.11 bits per heavy atom. The molecule has 28 heavy (non-hydrogen) atoms. The molecule has 0 aromatic heterocycles. The molecule has 0 aliphatic heterocycles. The van der Waals surface area contributed by atoms with Crippen LogP contribution in [0.25, 0.3) is 0 Å². The second kappa shape index (κ2) is 13.5. The lowest BCUT2D eigenvalue weighted by molar-refractivity contribution is -0.140. The van der Waals surface area contributed by atoms with E-state index in [1.807, 2.05) is 25.1 Å². The van der Waals surface area contributed by atoms with Gasteiger partial charge in [-0.15, -0.1) is 0 Å². The van der Waals surface area contributed by atoms with Gasteiger partial charge < -0.3 is 18.9 Å². The number of rotatable bonds is 13. The molecule has 1 aromatic carbocycles. The van der Waals surface area contributed by atoms with Crippen molar-refractivity contribution in [2.75, 3.05) is 26.4 Å². The van der Waals surface area contributed by atoms with Crippen LogP contribution in [0.3, 0.4) is 0 Å². The Kier molecular flexibility index (Phi) is 11.2. The zero-order valence-corrected chi connectivity index (χ0v) is 16.7. The van der Waals surface area contributed by atoms with Crippen LogP contribution >= 0.6 is 0 Å². The summed E-state index contributed by atoms with van der Waals surface area (Å²) in [6.45, 7) is 9.76. The number of ether oxygens (including phenoxy) is 4. The van der Waals surface area contributed by atoms with Gasteiger partial charge in [-0.3, -0.25) is 4.79 Å². The number of hydrogen-bond acceptors (Lipinski definition) is 6. The van der Waals surface area contributed by atoms with E-state index in [4.69, 9.17) is 18.9 Å². The number of hydrogen-bond donors (Lipinski definition) is 0. The number of Topliss-reactive ketones (excluding diaryl/α,β-unsaturated/α-hetero) is 1. The largest absolute Gasteiger partial charge is 0.470 e. The van der Waals surface area contributed by atoms with Crippen molar-refractivity contribution in [3.05, 3.63) is 72.0 Å². The third-order valence-corrected chi connectivity index (χ3v) is 3.54. The van der Waals surface area contributed by atoms with Gasteiger partial charge in [-0.2, -0.15) is 0 Å². The molecule has 0 bridgehead atoms. The Morgan fingerprint density at radius 3 is 2.43 bits per heavy atom. The summed E-state index contributed by atoms with van der Waals surface area (Å²) in [6.07, 6.45) is 4.05. The summed E-state index contributed by atoms with van der Waals surface area (Å²) < 4.78 is 21.2. The van der Waals surface area contributed by atoms with E-state index >= 15 is 0 Å². The fraction of sp³-hybridized carbons (Fsp3) is 0.364. The van der Waals surface area contributed by atoms with Gasteiger partial charge in [0.2, 0.25) is 0 Å². The molecule has 0 fully saturated rings. The van der Waals surface area contributed by atoms with Crippen LogP contribution in [0.1, 0.15) is 31.1 Å². The summed E-state index contributed by atoms with van der Waals surface area (Å²) in [5, 5.41) is 0. The van der Waals surface area contributed by atoms with Gasteiger partial charge in [-0.1, -0.05) is 43.0 Å². The van der Waals surface area contributed by atoms with E-state index < -0.39 is 12.3 Å². The zero-order chi connectivity index (χ0) is 20.8. The molecule has 6 heteroatoms. The zero-order valence-electron chi connectivity index (χ0n) is 16.7. The third-order valence-electron chi connectivity index (χ3n) is 3.54. The summed E-state index contributed by atoms with van der Waals surface area (Å²) in [5.74, 6) is 0.0303. The smallest absolute Gasteiger partial charge is 0.330 e. The van der Waals surface area contributed by atoms with E-state index in [-0.39, 0.29) is 19.0 Å². The van der Waals surface area contributed by atoms with Crippen LogP contribution in [-0.2, 0) is 23.7 Å². The van der Waals surface area contributed by atoms with Crippen molar-refractivity contribution in [2.24, 2.45) is 0 Å². The number of benzene rings is 1. The van der Waals surface area contributed by atoms with Crippen LogP contribution in [0, 0.1) is 0 Å². The van der Waals surface area contributed by atoms with Gasteiger partial charge in [-0.25, -0.2) is 4.79 Å². The van der Waals surface area contributed by atoms with Gasteiger partial charge in [0.05, 0.1) is 25.6 Å². The number of carbonyl (C=O) groups is 2. The minimum Gasteiger partial charge on any atom is -0.470 e. The summed E-state index contributed by atoms with van der Waals surface area (Å²) in [4.78, 5) is 23.3. The number of ketones is 1. The van der Waals surface area contributed by atoms with Gasteiger partial charge in [0, 0.05) is 17.2 Å². The van der Waals surface area contributed by atoms with E-state index in [2.05, 4.69) is 6.58 Å². The first-order valence-corrected chi connectivity index (χ1v) is 9.07. The summed E-state index contributed by atoms with van der Waals surface area (Å²) >= 11 is 0. The quantitative estimate of drug-likeness (QED) is 0.0972. The van der Waals surface area contributed by atoms with Gasteiger partial charge in [0.1, 0.15) is 6.61 Å². The van der Waals surface area contributed by atoms with Crippen molar-refractivity contribution in [3.63, 3.8) is 0 Å². The van der Waals surface area contributed by atoms with Crippen molar-refractivity contribution in [3.8, 4) is 0 Å². The topological polar surface area (TPSA) is 71.1 Å². The Labute approximate surface area is 166 Å². The lowest BCUT2D eigenvalue weighted by Gasteiger charge is -2.16. The first-order valence-electron chi connectivity index (χ1n) is 9.07. The average Bonchev–Trinajstić information content (AvgIpc) is 2.71. The molecule has 0 heterocycles. The van der Waals surface area contributed by atoms with Crippen molar-refractivity contribution < 1.29 is 28.5 Å². The molecule has 0 spiro atoms.